The van der Waals surface area contributed by atoms with E-state index in [1.165, 1.54) is 6.26 Å². The van der Waals surface area contributed by atoms with Crippen LogP contribution in [0.4, 0.5) is 17.3 Å². The van der Waals surface area contributed by atoms with Gasteiger partial charge in [0.15, 0.2) is 0 Å². The van der Waals surface area contributed by atoms with E-state index in [2.05, 4.69) is 30.4 Å². The molecule has 0 unspecified atom stereocenters. The third kappa shape index (κ3) is 2.32. The summed E-state index contributed by atoms with van der Waals surface area (Å²) in [5.74, 6) is 5.12. The summed E-state index contributed by atoms with van der Waals surface area (Å²) in [5, 5.41) is 17.3. The summed E-state index contributed by atoms with van der Waals surface area (Å²) in [4.78, 5) is 17.7. The highest BCUT2D eigenvalue weighted by atomic mass is 16.6. The van der Waals surface area contributed by atoms with Crippen LogP contribution < -0.4 is 16.6 Å². The molecule has 0 saturated heterocycles. The third-order valence-electron chi connectivity index (χ3n) is 2.07. The molecule has 0 aliphatic rings. The van der Waals surface area contributed by atoms with E-state index in [0.29, 0.717) is 5.69 Å². The van der Waals surface area contributed by atoms with Crippen LogP contribution in [0.25, 0.3) is 0 Å². The Morgan fingerprint density at radius 3 is 2.83 bits per heavy atom. The van der Waals surface area contributed by atoms with Gasteiger partial charge < -0.3 is 15.3 Å². The molecule has 0 aliphatic heterocycles. The van der Waals surface area contributed by atoms with Crippen molar-refractivity contribution >= 4 is 17.3 Å². The number of aromatic nitrogens is 3. The van der Waals surface area contributed by atoms with Gasteiger partial charge in [-0.3, -0.25) is 10.1 Å². The summed E-state index contributed by atoms with van der Waals surface area (Å²) in [6.45, 7) is 0.234. The van der Waals surface area contributed by atoms with Gasteiger partial charge in [-0.15, -0.1) is 0 Å². The lowest BCUT2D eigenvalue weighted by atomic mass is 10.4. The normalized spacial score (nSPS) is 10.1. The van der Waals surface area contributed by atoms with Gasteiger partial charge in [0.25, 0.3) is 0 Å². The molecule has 2 aromatic heterocycles. The first-order valence-corrected chi connectivity index (χ1v) is 4.81. The number of nitro groups is 1. The van der Waals surface area contributed by atoms with Crippen LogP contribution in [-0.4, -0.2) is 20.0 Å². The number of anilines is 2. The molecule has 94 valence electrons. The highest BCUT2D eigenvalue weighted by molar-refractivity contribution is 5.68. The Kier molecular flexibility index (Phi) is 3.29. The van der Waals surface area contributed by atoms with Gasteiger partial charge in [0.2, 0.25) is 11.6 Å². The van der Waals surface area contributed by atoms with Crippen molar-refractivity contribution in [1.29, 1.82) is 0 Å². The first-order valence-electron chi connectivity index (χ1n) is 4.81. The minimum atomic E-state index is -0.625. The fourth-order valence-corrected chi connectivity index (χ4v) is 1.29. The first-order chi connectivity index (χ1) is 8.72. The molecule has 0 spiro atoms. The Bertz CT molecular complexity index is 542. The molecule has 0 aromatic carbocycles. The summed E-state index contributed by atoms with van der Waals surface area (Å²) < 4.78 is 4.64. The molecular weight excluding hydrogens is 242 g/mol. The van der Waals surface area contributed by atoms with E-state index in [1.54, 1.807) is 6.07 Å². The van der Waals surface area contributed by atoms with Gasteiger partial charge in [-0.2, -0.15) is 0 Å². The molecule has 0 aliphatic carbocycles. The van der Waals surface area contributed by atoms with Crippen LogP contribution in [0, 0.1) is 10.1 Å². The minimum absolute atomic E-state index is 0.0472. The number of hydrazine groups is 1. The average Bonchev–Trinajstić information content (AvgIpc) is 2.88. The zero-order valence-corrected chi connectivity index (χ0v) is 9.03. The Morgan fingerprint density at radius 1 is 1.44 bits per heavy atom. The molecule has 0 amide bonds. The smallest absolute Gasteiger partial charge is 0.354 e. The lowest BCUT2D eigenvalue weighted by Crippen LogP contribution is -2.13. The van der Waals surface area contributed by atoms with E-state index in [-0.39, 0.29) is 23.9 Å². The number of nitrogens with two attached hydrogens (primary N) is 1. The maximum atomic E-state index is 10.9. The number of hydrogen-bond donors (Lipinski definition) is 3. The maximum Gasteiger partial charge on any atom is 0.354 e. The van der Waals surface area contributed by atoms with Gasteiger partial charge in [0, 0.05) is 6.07 Å². The van der Waals surface area contributed by atoms with Gasteiger partial charge in [-0.05, 0) is 0 Å². The van der Waals surface area contributed by atoms with Crippen LogP contribution in [0.1, 0.15) is 5.69 Å². The lowest BCUT2D eigenvalue weighted by Gasteiger charge is -2.06. The van der Waals surface area contributed by atoms with Crippen molar-refractivity contribution in [2.45, 2.75) is 6.54 Å². The van der Waals surface area contributed by atoms with E-state index in [1.807, 2.05) is 0 Å². The summed E-state index contributed by atoms with van der Waals surface area (Å²) >= 11 is 0. The highest BCUT2D eigenvalue weighted by Crippen LogP contribution is 2.28. The molecular formula is C8H9N7O3. The average molecular weight is 251 g/mol. The van der Waals surface area contributed by atoms with E-state index < -0.39 is 4.92 Å². The molecule has 0 radical (unpaired) electrons. The second-order valence-corrected chi connectivity index (χ2v) is 3.17. The zero-order valence-electron chi connectivity index (χ0n) is 9.03. The molecule has 2 rings (SSSR count). The van der Waals surface area contributed by atoms with E-state index in [9.17, 15) is 10.1 Å². The molecule has 0 saturated carbocycles. The third-order valence-corrected chi connectivity index (χ3v) is 2.07. The van der Waals surface area contributed by atoms with Gasteiger partial charge >= 0.3 is 5.69 Å². The maximum absolute atomic E-state index is 10.9. The number of hydrogen-bond acceptors (Lipinski definition) is 9. The predicted molar refractivity (Wildman–Crippen MR) is 60.3 cm³/mol. The second-order valence-electron chi connectivity index (χ2n) is 3.17. The topological polar surface area (TPSA) is 145 Å². The van der Waals surface area contributed by atoms with Crippen molar-refractivity contribution in [2.24, 2.45) is 5.84 Å². The van der Waals surface area contributed by atoms with Crippen molar-refractivity contribution in [3.63, 3.8) is 0 Å². The number of nitrogens with one attached hydrogen (secondary N) is 2. The van der Waals surface area contributed by atoms with Gasteiger partial charge in [-0.25, -0.2) is 15.8 Å². The van der Waals surface area contributed by atoms with E-state index in [4.69, 9.17) is 5.84 Å². The molecule has 2 aromatic rings. The summed E-state index contributed by atoms with van der Waals surface area (Å²) in [6.07, 6.45) is 2.56. The van der Waals surface area contributed by atoms with Gasteiger partial charge in [0.05, 0.1) is 11.5 Å². The Labute approximate surface area is 100 Å². The molecule has 10 heteroatoms. The number of nitrogen functional groups attached to an aromatic ring is 1. The number of nitrogens with zero attached hydrogens (tertiary/aromatic N) is 4. The minimum Gasteiger partial charge on any atom is -0.364 e. The molecule has 0 atom stereocenters. The molecule has 10 nitrogen and oxygen atoms in total. The molecule has 0 bridgehead atoms. The molecule has 2 heterocycles. The first kappa shape index (κ1) is 11.7. The molecule has 0 fully saturated rings. The van der Waals surface area contributed by atoms with Crippen LogP contribution in [-0.2, 0) is 6.54 Å². The summed E-state index contributed by atoms with van der Waals surface area (Å²) in [7, 11) is 0. The monoisotopic (exact) mass is 251 g/mol. The predicted octanol–water partition coefficient (Wildman–Crippen LogP) is 0.270. The van der Waals surface area contributed by atoms with Crippen molar-refractivity contribution in [2.75, 3.05) is 10.7 Å². The number of rotatable bonds is 5. The Hall–Kier alpha value is -2.75. The SMILES string of the molecule is NNc1ncnc(NCc2ccon2)c1[N+](=O)[O-]. The Balaban J connectivity index is 2.24. The molecule has 18 heavy (non-hydrogen) atoms. The van der Waals surface area contributed by atoms with Gasteiger partial charge in [0.1, 0.15) is 18.3 Å². The van der Waals surface area contributed by atoms with Crippen LogP contribution >= 0.6 is 0 Å². The van der Waals surface area contributed by atoms with Crippen LogP contribution in [0.5, 0.6) is 0 Å². The van der Waals surface area contributed by atoms with Crippen molar-refractivity contribution < 1.29 is 9.45 Å². The van der Waals surface area contributed by atoms with Crippen LogP contribution in [0.2, 0.25) is 0 Å². The van der Waals surface area contributed by atoms with Crippen LogP contribution in [0.3, 0.4) is 0 Å². The van der Waals surface area contributed by atoms with Crippen molar-refractivity contribution in [3.8, 4) is 0 Å². The lowest BCUT2D eigenvalue weighted by molar-refractivity contribution is -0.383. The van der Waals surface area contributed by atoms with Crippen LogP contribution in [0.15, 0.2) is 23.2 Å². The standard InChI is InChI=1S/C8H9N7O3/c9-13-8-6(15(16)17)7(11-4-12-8)10-3-5-1-2-18-14-5/h1-2,4H,3,9H2,(H2,10,11,12,13). The van der Waals surface area contributed by atoms with Gasteiger partial charge in [-0.1, -0.05) is 5.16 Å². The van der Waals surface area contributed by atoms with E-state index >= 15 is 0 Å². The zero-order chi connectivity index (χ0) is 13.0. The fraction of sp³-hybridized carbons (Fsp3) is 0.125. The summed E-state index contributed by atoms with van der Waals surface area (Å²) in [6, 6.07) is 1.63. The highest BCUT2D eigenvalue weighted by Gasteiger charge is 2.22. The quantitative estimate of drug-likeness (QED) is 0.387. The van der Waals surface area contributed by atoms with E-state index in [0.717, 1.165) is 6.33 Å². The van der Waals surface area contributed by atoms with Crippen molar-refractivity contribution in [3.05, 3.63) is 34.5 Å². The van der Waals surface area contributed by atoms with Crippen molar-refractivity contribution in [1.82, 2.24) is 15.1 Å². The second kappa shape index (κ2) is 5.05. The fourth-order valence-electron chi connectivity index (χ4n) is 1.29. The molecule has 4 N–H and O–H groups in total. The summed E-state index contributed by atoms with van der Waals surface area (Å²) in [5.41, 5.74) is 2.40. The largest absolute Gasteiger partial charge is 0.364 e. The Morgan fingerprint density at radius 2 is 2.22 bits per heavy atom.